The van der Waals surface area contributed by atoms with Crippen LogP contribution in [0.25, 0.3) is 33.4 Å². The van der Waals surface area contributed by atoms with Crippen molar-refractivity contribution in [2.45, 2.75) is 80.1 Å². The van der Waals surface area contributed by atoms with Crippen LogP contribution in [-0.4, -0.2) is 0 Å². The Labute approximate surface area is 447 Å². The number of nitrogens with zero attached hydrogens (tertiary/aromatic N) is 3. The van der Waals surface area contributed by atoms with Gasteiger partial charge in [0.2, 0.25) is 0 Å². The number of rotatable bonds is 18. The van der Waals surface area contributed by atoms with Gasteiger partial charge in [-0.05, 0) is 208 Å². The Balaban J connectivity index is 1.06. The summed E-state index contributed by atoms with van der Waals surface area (Å²) in [6.07, 6.45) is 6.05. The molecule has 75 heavy (non-hydrogen) atoms. The van der Waals surface area contributed by atoms with Gasteiger partial charge in [0.05, 0.1) is 0 Å². The minimum absolute atomic E-state index is 1.01. The monoisotopic (exact) mass is 976 g/mol. The van der Waals surface area contributed by atoms with Crippen LogP contribution in [0.1, 0.15) is 74.9 Å². The maximum Gasteiger partial charge on any atom is 0.192 e. The van der Waals surface area contributed by atoms with Crippen molar-refractivity contribution in [1.29, 1.82) is 0 Å². The molecular formula is C72H69N3+. The fraction of sp³-hybridized carbons (Fsp3) is 0.167. The summed E-state index contributed by atoms with van der Waals surface area (Å²) in [7, 11) is 0. The molecule has 0 N–H and O–H groups in total. The van der Waals surface area contributed by atoms with Crippen LogP contribution in [0.4, 0.5) is 51.2 Å². The summed E-state index contributed by atoms with van der Waals surface area (Å²) in [6.45, 7) is 13.3. The molecule has 0 aliphatic carbocycles. The lowest BCUT2D eigenvalue weighted by Gasteiger charge is -2.26. The molecule has 0 atom stereocenters. The van der Waals surface area contributed by atoms with Crippen molar-refractivity contribution < 1.29 is 0 Å². The summed E-state index contributed by atoms with van der Waals surface area (Å²) in [5, 5.41) is 0. The summed E-state index contributed by atoms with van der Waals surface area (Å²) in [4.78, 5) is 7.10. The highest BCUT2D eigenvalue weighted by molar-refractivity contribution is 5.85. The van der Waals surface area contributed by atoms with Crippen molar-refractivity contribution in [1.82, 2.24) is 4.90 Å². The zero-order chi connectivity index (χ0) is 51.7. The minimum atomic E-state index is 1.01. The summed E-state index contributed by atoms with van der Waals surface area (Å²) in [5.41, 5.74) is 25.2. The Morgan fingerprint density at radius 1 is 0.213 bits per heavy atom. The quantitative estimate of drug-likeness (QED) is 0.0795. The first-order chi connectivity index (χ1) is 36.8. The summed E-state index contributed by atoms with van der Waals surface area (Å²) >= 11 is 0. The van der Waals surface area contributed by atoms with Crippen molar-refractivity contribution in [3.8, 4) is 33.4 Å². The van der Waals surface area contributed by atoms with Gasteiger partial charge in [0.25, 0.3) is 0 Å². The number of hydrogen-bond acceptors (Lipinski definition) is 3. The second kappa shape index (κ2) is 23.3. The molecule has 0 fully saturated rings. The third-order valence-corrected chi connectivity index (χ3v) is 14.9. The highest BCUT2D eigenvalue weighted by atomic mass is 15.2. The van der Waals surface area contributed by atoms with Crippen LogP contribution >= 0.6 is 0 Å². The lowest BCUT2D eigenvalue weighted by atomic mass is 9.93. The molecule has 0 saturated heterocycles. The van der Waals surface area contributed by atoms with Crippen LogP contribution in [0.5, 0.6) is 0 Å². The van der Waals surface area contributed by atoms with Gasteiger partial charge in [-0.2, -0.15) is 0 Å². The van der Waals surface area contributed by atoms with E-state index >= 15 is 0 Å². The van der Waals surface area contributed by atoms with Crippen molar-refractivity contribution in [2.24, 2.45) is 0 Å². The van der Waals surface area contributed by atoms with Gasteiger partial charge in [0, 0.05) is 70.5 Å². The maximum atomic E-state index is 2.37. The molecule has 3 nitrogen and oxygen atoms in total. The Hall–Kier alpha value is -8.24. The number of benzene rings is 10. The fourth-order valence-corrected chi connectivity index (χ4v) is 10.2. The molecule has 0 amide bonds. The smallest absolute Gasteiger partial charge is 0.192 e. The van der Waals surface area contributed by atoms with E-state index in [9.17, 15) is 0 Å². The van der Waals surface area contributed by atoms with Gasteiger partial charge in [-0.1, -0.05) is 144 Å². The van der Waals surface area contributed by atoms with Crippen LogP contribution in [0.15, 0.2) is 237 Å². The van der Waals surface area contributed by atoms with Gasteiger partial charge >= 0.3 is 0 Å². The van der Waals surface area contributed by atoms with Crippen molar-refractivity contribution >= 4 is 51.2 Å². The van der Waals surface area contributed by atoms with E-state index in [0.717, 1.165) is 123 Å². The first kappa shape index (κ1) is 50.3. The lowest BCUT2D eigenvalue weighted by molar-refractivity contribution is 0.926. The summed E-state index contributed by atoms with van der Waals surface area (Å²) in [5.74, 6) is 0. The van der Waals surface area contributed by atoms with E-state index in [0.29, 0.717) is 0 Å². The highest BCUT2D eigenvalue weighted by Crippen LogP contribution is 2.41. The molecule has 10 aromatic rings. The number of hydrogen-bond donors (Lipinski definition) is 0. The highest BCUT2D eigenvalue weighted by Gasteiger charge is 2.26. The lowest BCUT2D eigenvalue weighted by Crippen LogP contribution is -2.11. The average Bonchev–Trinajstić information content (AvgIpc) is 3.49. The molecule has 0 spiro atoms. The zero-order valence-electron chi connectivity index (χ0n) is 44.6. The molecule has 0 bridgehead atoms. The molecule has 0 aliphatic heterocycles. The SMILES string of the molecule is CCc1ccc(N(c2ccc(CC)cc2)c2ccc(-c3cc(-c4ccc(N(c5ccc(CC)cc5)c5ccc(CC)cc5)cc4)cc(-c4ccc([N+](c5ccc(CC)cc5)c5ccc(CC)cc5)cc4)c3)cc2)cc1. The van der Waals surface area contributed by atoms with E-state index in [1.54, 1.807) is 0 Å². The standard InChI is InChI=1S/C72H69N3/c1-7-52-13-31-64(32-14-52)73(65-33-15-53(8-2)16-34-65)70-43-25-58(26-44-70)61-49-62(59-27-45-71(46-28-59)74(66-35-17-54(9-3)18-36-66)67-37-19-55(10-4)20-38-67)51-63(50-61)60-29-47-72(48-30-60)75(68-39-21-56(11-5)22-40-68)69-41-23-57(12-6)24-42-69/h13-51H,7-12H2,1-6H3/q+1. The predicted molar refractivity (Wildman–Crippen MR) is 322 cm³/mol. The largest absolute Gasteiger partial charge is 0.311 e. The molecule has 1 radical (unpaired) electrons. The average molecular weight is 976 g/mol. The van der Waals surface area contributed by atoms with Crippen LogP contribution in [-0.2, 0) is 38.5 Å². The van der Waals surface area contributed by atoms with Gasteiger partial charge < -0.3 is 9.80 Å². The minimum Gasteiger partial charge on any atom is -0.311 e. The first-order valence-electron chi connectivity index (χ1n) is 27.3. The first-order valence-corrected chi connectivity index (χ1v) is 27.3. The molecule has 10 rings (SSSR count). The Bertz CT molecular complexity index is 2880. The van der Waals surface area contributed by atoms with Gasteiger partial charge in [0.15, 0.2) is 17.1 Å². The number of aryl methyl sites for hydroxylation is 6. The van der Waals surface area contributed by atoms with Gasteiger partial charge in [-0.3, -0.25) is 0 Å². The van der Waals surface area contributed by atoms with E-state index in [1.165, 1.54) is 33.4 Å². The second-order valence-corrected chi connectivity index (χ2v) is 19.6. The van der Waals surface area contributed by atoms with Crippen molar-refractivity contribution in [3.63, 3.8) is 0 Å². The third kappa shape index (κ3) is 11.3. The van der Waals surface area contributed by atoms with E-state index in [-0.39, 0.29) is 0 Å². The third-order valence-electron chi connectivity index (χ3n) is 14.9. The molecule has 0 aliphatic rings. The van der Waals surface area contributed by atoms with Crippen LogP contribution in [0.3, 0.4) is 0 Å². The van der Waals surface area contributed by atoms with E-state index in [2.05, 4.69) is 293 Å². The maximum absolute atomic E-state index is 2.37. The number of anilines is 9. The fourth-order valence-electron chi connectivity index (χ4n) is 10.2. The van der Waals surface area contributed by atoms with Gasteiger partial charge in [-0.15, -0.1) is 0 Å². The van der Waals surface area contributed by atoms with Crippen LogP contribution in [0.2, 0.25) is 0 Å². The second-order valence-electron chi connectivity index (χ2n) is 19.6. The topological polar surface area (TPSA) is 12.4 Å². The molecule has 0 heterocycles. The molecule has 0 aromatic heterocycles. The molecule has 0 saturated carbocycles. The van der Waals surface area contributed by atoms with Crippen molar-refractivity contribution in [3.05, 3.63) is 270 Å². The molecule has 3 heteroatoms. The van der Waals surface area contributed by atoms with E-state index in [4.69, 9.17) is 0 Å². The van der Waals surface area contributed by atoms with Gasteiger partial charge in [-0.25, -0.2) is 0 Å². The zero-order valence-corrected chi connectivity index (χ0v) is 44.6. The van der Waals surface area contributed by atoms with Crippen LogP contribution in [0, 0.1) is 0 Å². The molecule has 371 valence electrons. The summed E-state index contributed by atoms with van der Waals surface area (Å²) in [6, 6.07) is 88.4. The van der Waals surface area contributed by atoms with Crippen molar-refractivity contribution in [2.75, 3.05) is 9.80 Å². The Morgan fingerprint density at radius 2 is 0.387 bits per heavy atom. The van der Waals surface area contributed by atoms with E-state index < -0.39 is 0 Å². The van der Waals surface area contributed by atoms with Gasteiger partial charge in [0.1, 0.15) is 0 Å². The normalized spacial score (nSPS) is 11.2. The summed E-state index contributed by atoms with van der Waals surface area (Å²) < 4.78 is 0. The Morgan fingerprint density at radius 3 is 0.600 bits per heavy atom. The Kier molecular flexibility index (Phi) is 15.6. The molecular weight excluding hydrogens is 907 g/mol. The predicted octanol–water partition coefficient (Wildman–Crippen LogP) is 20.4. The van der Waals surface area contributed by atoms with Crippen LogP contribution < -0.4 is 14.7 Å². The van der Waals surface area contributed by atoms with E-state index in [1.807, 2.05) is 0 Å². The molecule has 0 unspecified atom stereocenters. The molecule has 10 aromatic carbocycles.